The van der Waals surface area contributed by atoms with E-state index >= 15 is 0 Å². The van der Waals surface area contributed by atoms with Crippen LogP contribution in [0.5, 0.6) is 0 Å². The lowest BCUT2D eigenvalue weighted by atomic mass is 9.71. The molecule has 0 bridgehead atoms. The number of hydrogen-bond donors (Lipinski definition) is 1. The number of hydrogen-bond acceptors (Lipinski definition) is 1. The van der Waals surface area contributed by atoms with Crippen LogP contribution in [0.15, 0.2) is 0 Å². The molecule has 1 atom stereocenters. The van der Waals surface area contributed by atoms with Gasteiger partial charge in [-0.3, -0.25) is 4.79 Å². The van der Waals surface area contributed by atoms with E-state index in [0.29, 0.717) is 17.9 Å². The summed E-state index contributed by atoms with van der Waals surface area (Å²) >= 11 is 0. The summed E-state index contributed by atoms with van der Waals surface area (Å²) < 4.78 is 0. The third kappa shape index (κ3) is 1.55. The highest BCUT2D eigenvalue weighted by Gasteiger charge is 2.47. The second-order valence-corrected chi connectivity index (χ2v) is 5.37. The predicted molar refractivity (Wildman–Crippen MR) is 59.0 cm³/mol. The molecule has 0 radical (unpaired) electrons. The summed E-state index contributed by atoms with van der Waals surface area (Å²) in [5, 5.41) is 3.17. The molecule has 1 aliphatic carbocycles. The molecule has 2 rings (SSSR count). The summed E-state index contributed by atoms with van der Waals surface area (Å²) in [5.74, 6) is 0.927. The highest BCUT2D eigenvalue weighted by molar-refractivity contribution is 5.85. The lowest BCUT2D eigenvalue weighted by Gasteiger charge is -2.30. The van der Waals surface area contributed by atoms with E-state index in [9.17, 15) is 4.79 Å². The van der Waals surface area contributed by atoms with Crippen molar-refractivity contribution in [3.63, 3.8) is 0 Å². The highest BCUT2D eigenvalue weighted by atomic mass is 16.2. The van der Waals surface area contributed by atoms with Crippen molar-refractivity contribution in [2.75, 3.05) is 0 Å². The van der Waals surface area contributed by atoms with Crippen LogP contribution in [0.3, 0.4) is 0 Å². The van der Waals surface area contributed by atoms with E-state index in [-0.39, 0.29) is 6.84 Å². The summed E-state index contributed by atoms with van der Waals surface area (Å²) in [7, 11) is 0. The second-order valence-electron chi connectivity index (χ2n) is 5.37. The minimum absolute atomic E-state index is 0. The van der Waals surface area contributed by atoms with Crippen LogP contribution in [0.25, 0.3) is 0 Å². The van der Waals surface area contributed by atoms with Gasteiger partial charge in [-0.25, -0.2) is 0 Å². The minimum Gasteiger partial charge on any atom is -0.353 e. The fraction of sp³-hybridized carbons (Fsp3) is 0.917. The molecule has 0 aromatic rings. The van der Waals surface area contributed by atoms with Gasteiger partial charge in [-0.05, 0) is 25.2 Å². The molecule has 1 amide bonds. The van der Waals surface area contributed by atoms with Crippen molar-refractivity contribution in [3.8, 4) is 0 Å². The first kappa shape index (κ1) is 10.0. The van der Waals surface area contributed by atoms with Gasteiger partial charge >= 0.3 is 0 Å². The van der Waals surface area contributed by atoms with E-state index in [1.807, 2.05) is 0 Å². The third-order valence-electron chi connectivity index (χ3n) is 4.02. The van der Waals surface area contributed by atoms with Crippen molar-refractivity contribution >= 4 is 5.91 Å². The standard InChI is InChI=1S/C12H21NO.H2/c1-9(2)10-8-12(11(14)13-10)6-4-3-5-7-12;/h9-10H,3-8H2,1-2H3,(H,13,14);1H. The van der Waals surface area contributed by atoms with E-state index in [1.165, 1.54) is 19.3 Å². The van der Waals surface area contributed by atoms with Crippen LogP contribution >= 0.6 is 0 Å². The number of carbonyl (C=O) groups is 1. The zero-order valence-electron chi connectivity index (χ0n) is 9.31. The van der Waals surface area contributed by atoms with Gasteiger partial charge in [0.15, 0.2) is 0 Å². The second kappa shape index (κ2) is 3.56. The maximum atomic E-state index is 12.0. The van der Waals surface area contributed by atoms with Crippen LogP contribution in [0.1, 0.15) is 53.8 Å². The van der Waals surface area contributed by atoms with Gasteiger partial charge in [-0.1, -0.05) is 33.1 Å². The Balaban J connectivity index is 0.00000112. The summed E-state index contributed by atoms with van der Waals surface area (Å²) in [4.78, 5) is 12.0. The van der Waals surface area contributed by atoms with Gasteiger partial charge in [0.2, 0.25) is 5.91 Å². The molecule has 1 aliphatic heterocycles. The number of amides is 1. The number of carbonyl (C=O) groups excluding carboxylic acids is 1. The first-order valence-corrected chi connectivity index (χ1v) is 5.95. The first-order valence-electron chi connectivity index (χ1n) is 5.95. The smallest absolute Gasteiger partial charge is 0.226 e. The fourth-order valence-electron chi connectivity index (χ4n) is 2.95. The fourth-order valence-corrected chi connectivity index (χ4v) is 2.95. The van der Waals surface area contributed by atoms with Crippen LogP contribution in [-0.2, 0) is 4.79 Å². The molecule has 82 valence electrons. The van der Waals surface area contributed by atoms with E-state index in [0.717, 1.165) is 19.3 Å². The molecule has 1 saturated carbocycles. The molecule has 1 N–H and O–H groups in total. The van der Waals surface area contributed by atoms with Crippen molar-refractivity contribution in [3.05, 3.63) is 0 Å². The summed E-state index contributed by atoms with van der Waals surface area (Å²) in [5.41, 5.74) is 0.0349. The van der Waals surface area contributed by atoms with Gasteiger partial charge in [0.25, 0.3) is 0 Å². The lowest BCUT2D eigenvalue weighted by Crippen LogP contribution is -2.34. The molecule has 14 heavy (non-hydrogen) atoms. The molecule has 1 unspecified atom stereocenters. The Kier molecular flexibility index (Phi) is 2.54. The maximum absolute atomic E-state index is 12.0. The molecule has 0 aromatic heterocycles. The maximum Gasteiger partial charge on any atom is 0.226 e. The Morgan fingerprint density at radius 1 is 1.36 bits per heavy atom. The van der Waals surface area contributed by atoms with Gasteiger partial charge < -0.3 is 5.32 Å². The Morgan fingerprint density at radius 3 is 2.50 bits per heavy atom. The van der Waals surface area contributed by atoms with Crippen molar-refractivity contribution in [1.29, 1.82) is 0 Å². The molecule has 0 aromatic carbocycles. The van der Waals surface area contributed by atoms with Crippen molar-refractivity contribution in [2.45, 2.75) is 58.4 Å². The SMILES string of the molecule is CC(C)C1CC2(CCCCC2)C(=O)N1.[HH]. The van der Waals surface area contributed by atoms with Gasteiger partial charge in [0, 0.05) is 7.47 Å². The summed E-state index contributed by atoms with van der Waals surface area (Å²) in [6, 6.07) is 0.431. The molecule has 2 heteroatoms. The molecular weight excluding hydrogens is 174 g/mol. The Hall–Kier alpha value is -0.530. The number of nitrogens with one attached hydrogen (secondary N) is 1. The normalized spacial score (nSPS) is 31.1. The van der Waals surface area contributed by atoms with Gasteiger partial charge in [-0.2, -0.15) is 0 Å². The zero-order chi connectivity index (χ0) is 10.2. The molecular formula is C12H23NO. The van der Waals surface area contributed by atoms with E-state index < -0.39 is 0 Å². The van der Waals surface area contributed by atoms with Gasteiger partial charge in [-0.15, -0.1) is 0 Å². The van der Waals surface area contributed by atoms with E-state index in [2.05, 4.69) is 19.2 Å². The first-order chi connectivity index (χ1) is 6.64. The molecule has 1 saturated heterocycles. The van der Waals surface area contributed by atoms with Crippen molar-refractivity contribution in [1.82, 2.24) is 5.32 Å². The van der Waals surface area contributed by atoms with E-state index in [4.69, 9.17) is 0 Å². The highest BCUT2D eigenvalue weighted by Crippen LogP contribution is 2.44. The van der Waals surface area contributed by atoms with Crippen LogP contribution in [0, 0.1) is 11.3 Å². The third-order valence-corrected chi connectivity index (χ3v) is 4.02. The summed E-state index contributed by atoms with van der Waals surface area (Å²) in [6.45, 7) is 4.40. The molecule has 2 nitrogen and oxygen atoms in total. The van der Waals surface area contributed by atoms with E-state index in [1.54, 1.807) is 0 Å². The minimum atomic E-state index is 0. The largest absolute Gasteiger partial charge is 0.353 e. The van der Waals surface area contributed by atoms with Crippen LogP contribution < -0.4 is 5.32 Å². The number of rotatable bonds is 1. The average molecular weight is 197 g/mol. The molecule has 2 fully saturated rings. The predicted octanol–water partition coefficient (Wildman–Crippen LogP) is 2.73. The summed E-state index contributed by atoms with van der Waals surface area (Å²) in [6.07, 6.45) is 7.16. The average Bonchev–Trinajstić information content (AvgIpc) is 2.46. The molecule has 1 heterocycles. The topological polar surface area (TPSA) is 29.1 Å². The van der Waals surface area contributed by atoms with Crippen LogP contribution in [0.2, 0.25) is 0 Å². The molecule has 2 aliphatic rings. The quantitative estimate of drug-likeness (QED) is 0.688. The Bertz CT molecular complexity index is 234. The Morgan fingerprint density at radius 2 is 2.00 bits per heavy atom. The van der Waals surface area contributed by atoms with Gasteiger partial charge in [0.05, 0.1) is 5.41 Å². The molecule has 1 spiro atoms. The van der Waals surface area contributed by atoms with Crippen LogP contribution in [-0.4, -0.2) is 11.9 Å². The van der Waals surface area contributed by atoms with Crippen molar-refractivity contribution < 1.29 is 6.22 Å². The zero-order valence-corrected chi connectivity index (χ0v) is 9.31. The van der Waals surface area contributed by atoms with Crippen LogP contribution in [0.4, 0.5) is 0 Å². The lowest BCUT2D eigenvalue weighted by molar-refractivity contribution is -0.129. The monoisotopic (exact) mass is 197 g/mol. The van der Waals surface area contributed by atoms with Gasteiger partial charge in [0.1, 0.15) is 0 Å². The van der Waals surface area contributed by atoms with Crippen molar-refractivity contribution in [2.24, 2.45) is 11.3 Å². The Labute approximate surface area is 87.9 Å².